The predicted molar refractivity (Wildman–Crippen MR) is 135 cm³/mol. The Kier molecular flexibility index (Phi) is 6.91. The van der Waals surface area contributed by atoms with Crippen molar-refractivity contribution in [1.29, 1.82) is 0 Å². The number of rotatable bonds is 7. The molecule has 1 atom stereocenters. The van der Waals surface area contributed by atoms with Crippen LogP contribution >= 0.6 is 18.6 Å². The molecule has 2 aliphatic heterocycles. The maximum absolute atomic E-state index is 14.2. The van der Waals surface area contributed by atoms with Gasteiger partial charge in [-0.25, -0.2) is 0 Å². The van der Waals surface area contributed by atoms with E-state index in [4.69, 9.17) is 9.47 Å². The van der Waals surface area contributed by atoms with Crippen LogP contribution in [0, 0.1) is 0 Å². The number of ether oxygens (including phenoxy) is 2. The summed E-state index contributed by atoms with van der Waals surface area (Å²) in [4.78, 5) is 3.68. The Labute approximate surface area is 198 Å². The van der Waals surface area contributed by atoms with E-state index in [-0.39, 0.29) is 6.04 Å². The smallest absolute Gasteiger partial charge is 0.198 e. The van der Waals surface area contributed by atoms with Crippen LogP contribution in [0.4, 0.5) is 0 Å². The van der Waals surface area contributed by atoms with Gasteiger partial charge in [0.15, 0.2) is 7.29 Å². The third-order valence-electron chi connectivity index (χ3n) is 5.84. The number of nitrogens with zero attached hydrogens (tertiary/aromatic N) is 1. The van der Waals surface area contributed by atoms with E-state index in [9.17, 15) is 4.57 Å². The van der Waals surface area contributed by atoms with Gasteiger partial charge >= 0.3 is 0 Å². The van der Waals surface area contributed by atoms with Gasteiger partial charge in [0.1, 0.15) is 11.5 Å². The summed E-state index contributed by atoms with van der Waals surface area (Å²) in [6, 6.07) is 24.1. The Hall–Kier alpha value is -2.47. The number of benzene rings is 2. The van der Waals surface area contributed by atoms with Crippen molar-refractivity contribution in [2.45, 2.75) is 6.04 Å². The number of thiophene rings is 1. The fourth-order valence-electron chi connectivity index (χ4n) is 4.13. The number of morpholine rings is 1. The highest BCUT2D eigenvalue weighted by atomic mass is 32.1. The second kappa shape index (κ2) is 10.2. The van der Waals surface area contributed by atoms with Crippen LogP contribution in [0.2, 0.25) is 0 Å². The molecular formula is C26H27N2O3PS. The molecule has 1 fully saturated rings. The van der Waals surface area contributed by atoms with E-state index in [1.165, 1.54) is 4.88 Å². The SMILES string of the molecule is O=P1(NC[C@@H](c2cccs2)N2CCOCC2)C=C(c2ccccc2)OC(c2ccccc2)=C1. The maximum Gasteiger partial charge on any atom is 0.198 e. The minimum absolute atomic E-state index is 0.143. The summed E-state index contributed by atoms with van der Waals surface area (Å²) in [5.74, 6) is 4.76. The Bertz CT molecular complexity index is 1100. The lowest BCUT2D eigenvalue weighted by Crippen LogP contribution is -2.42. The van der Waals surface area contributed by atoms with E-state index in [1.807, 2.05) is 60.7 Å². The zero-order valence-corrected chi connectivity index (χ0v) is 20.0. The predicted octanol–water partition coefficient (Wildman–Crippen LogP) is 6.02. The van der Waals surface area contributed by atoms with Crippen LogP contribution in [0.15, 0.2) is 89.8 Å². The van der Waals surface area contributed by atoms with Gasteiger partial charge in [-0.1, -0.05) is 66.7 Å². The van der Waals surface area contributed by atoms with E-state index >= 15 is 0 Å². The molecule has 3 heterocycles. The topological polar surface area (TPSA) is 50.8 Å². The third-order valence-corrected chi connectivity index (χ3v) is 8.73. The van der Waals surface area contributed by atoms with Crippen LogP contribution in [0.3, 0.4) is 0 Å². The monoisotopic (exact) mass is 478 g/mol. The molecule has 7 heteroatoms. The first kappa shape index (κ1) is 22.3. The van der Waals surface area contributed by atoms with Crippen molar-refractivity contribution in [2.24, 2.45) is 0 Å². The number of hydrogen-bond donors (Lipinski definition) is 1. The van der Waals surface area contributed by atoms with Crippen LogP contribution in [-0.4, -0.2) is 37.7 Å². The third kappa shape index (κ3) is 5.37. The first-order valence-corrected chi connectivity index (χ1v) is 13.9. The lowest BCUT2D eigenvalue weighted by atomic mass is 10.2. The number of hydrogen-bond acceptors (Lipinski definition) is 5. The fraction of sp³-hybridized carbons (Fsp3) is 0.231. The van der Waals surface area contributed by atoms with Crippen LogP contribution in [0.25, 0.3) is 11.5 Å². The molecule has 0 spiro atoms. The molecular weight excluding hydrogens is 451 g/mol. The summed E-state index contributed by atoms with van der Waals surface area (Å²) in [6.45, 7) is 3.77. The van der Waals surface area contributed by atoms with Gasteiger partial charge < -0.3 is 9.47 Å². The van der Waals surface area contributed by atoms with Crippen LogP contribution in [-0.2, 0) is 14.0 Å². The maximum atomic E-state index is 14.2. The summed E-state index contributed by atoms with van der Waals surface area (Å²) in [5.41, 5.74) is 1.81. The van der Waals surface area contributed by atoms with Gasteiger partial charge in [0.2, 0.25) is 0 Å². The van der Waals surface area contributed by atoms with E-state index < -0.39 is 7.29 Å². The lowest BCUT2D eigenvalue weighted by Gasteiger charge is -2.35. The molecule has 2 aliphatic rings. The first-order valence-electron chi connectivity index (χ1n) is 11.1. The standard InChI is InChI=1S/C26H27N2O3PS/c29-32(27-18-23(26-12-7-17-33-26)28-13-15-30-16-14-28)19-24(21-8-3-1-4-9-21)31-25(20-32)22-10-5-2-6-11-22/h1-12,17,19-20,23H,13-16,18H2,(H,27,29)/t23-/m0/s1. The van der Waals surface area contributed by atoms with Crippen LogP contribution in [0.1, 0.15) is 22.0 Å². The van der Waals surface area contributed by atoms with Crippen molar-refractivity contribution < 1.29 is 14.0 Å². The van der Waals surface area contributed by atoms with Gasteiger partial charge in [-0.15, -0.1) is 11.3 Å². The van der Waals surface area contributed by atoms with E-state index in [2.05, 4.69) is 27.5 Å². The summed E-state index contributed by atoms with van der Waals surface area (Å²) < 4.78 is 26.0. The Morgan fingerprint density at radius 3 is 2.03 bits per heavy atom. The highest BCUT2D eigenvalue weighted by Crippen LogP contribution is 2.53. The quantitative estimate of drug-likeness (QED) is 0.421. The Morgan fingerprint density at radius 1 is 0.879 bits per heavy atom. The molecule has 0 radical (unpaired) electrons. The molecule has 0 amide bonds. The second-order valence-corrected chi connectivity index (χ2v) is 11.3. The molecule has 1 saturated heterocycles. The minimum Gasteiger partial charge on any atom is -0.456 e. The van der Waals surface area contributed by atoms with Crippen molar-refractivity contribution >= 4 is 30.1 Å². The summed E-state index contributed by atoms with van der Waals surface area (Å²) in [5, 5.41) is 5.53. The van der Waals surface area contributed by atoms with Crippen molar-refractivity contribution in [1.82, 2.24) is 9.99 Å². The molecule has 3 aromatic rings. The molecule has 5 nitrogen and oxygen atoms in total. The second-order valence-electron chi connectivity index (χ2n) is 8.07. The van der Waals surface area contributed by atoms with Crippen LogP contribution < -0.4 is 5.09 Å². The molecule has 2 aromatic carbocycles. The molecule has 1 N–H and O–H groups in total. The van der Waals surface area contributed by atoms with Gasteiger partial charge in [-0.2, -0.15) is 0 Å². The first-order chi connectivity index (χ1) is 16.2. The molecule has 0 aliphatic carbocycles. The average molecular weight is 479 g/mol. The van der Waals surface area contributed by atoms with Gasteiger partial charge in [0.25, 0.3) is 0 Å². The van der Waals surface area contributed by atoms with Gasteiger partial charge in [-0.05, 0) is 11.4 Å². The molecule has 5 rings (SSSR count). The minimum atomic E-state index is -3.02. The van der Waals surface area contributed by atoms with Crippen molar-refractivity contribution in [3.63, 3.8) is 0 Å². The van der Waals surface area contributed by atoms with E-state index in [0.717, 1.165) is 37.4 Å². The Balaban J connectivity index is 1.45. The van der Waals surface area contributed by atoms with E-state index in [1.54, 1.807) is 23.0 Å². The normalized spacial score (nSPS) is 19.3. The summed E-state index contributed by atoms with van der Waals surface area (Å²) >= 11 is 1.74. The molecule has 0 saturated carbocycles. The molecule has 33 heavy (non-hydrogen) atoms. The summed E-state index contributed by atoms with van der Waals surface area (Å²) in [7, 11) is -3.02. The van der Waals surface area contributed by atoms with Gasteiger partial charge in [0, 0.05) is 47.3 Å². The fourth-order valence-corrected chi connectivity index (χ4v) is 6.81. The molecule has 1 aromatic heterocycles. The molecule has 0 bridgehead atoms. The van der Waals surface area contributed by atoms with Gasteiger partial charge in [-0.3, -0.25) is 14.6 Å². The molecule has 0 unspecified atom stereocenters. The number of nitrogens with one attached hydrogen (secondary N) is 1. The zero-order valence-electron chi connectivity index (χ0n) is 18.3. The average Bonchev–Trinajstić information content (AvgIpc) is 3.40. The highest BCUT2D eigenvalue weighted by molar-refractivity contribution is 7.68. The molecule has 170 valence electrons. The van der Waals surface area contributed by atoms with E-state index in [0.29, 0.717) is 18.1 Å². The lowest BCUT2D eigenvalue weighted by molar-refractivity contribution is 0.0179. The van der Waals surface area contributed by atoms with Crippen molar-refractivity contribution in [3.8, 4) is 0 Å². The van der Waals surface area contributed by atoms with Gasteiger partial charge in [0.05, 0.1) is 19.3 Å². The zero-order chi connectivity index (χ0) is 22.5. The van der Waals surface area contributed by atoms with Crippen LogP contribution in [0.5, 0.6) is 0 Å². The largest absolute Gasteiger partial charge is 0.456 e. The summed E-state index contributed by atoms with van der Waals surface area (Å²) in [6.07, 6.45) is 0. The van der Waals surface area contributed by atoms with Crippen molar-refractivity contribution in [3.05, 3.63) is 106 Å². The Morgan fingerprint density at radius 2 is 1.48 bits per heavy atom. The highest BCUT2D eigenvalue weighted by Gasteiger charge is 2.30. The van der Waals surface area contributed by atoms with Crippen molar-refractivity contribution in [2.75, 3.05) is 32.8 Å².